The van der Waals surface area contributed by atoms with E-state index in [0.29, 0.717) is 6.04 Å². The molecule has 3 atom stereocenters. The van der Waals surface area contributed by atoms with Crippen LogP contribution in [0.2, 0.25) is 0 Å². The molecule has 0 aromatic carbocycles. The number of anilines is 1. The fourth-order valence-corrected chi connectivity index (χ4v) is 5.15. The van der Waals surface area contributed by atoms with Crippen molar-refractivity contribution in [3.8, 4) is 0 Å². The Kier molecular flexibility index (Phi) is 9.21. The summed E-state index contributed by atoms with van der Waals surface area (Å²) in [6.45, 7) is 9.10. The molecule has 3 unspecified atom stereocenters. The van der Waals surface area contributed by atoms with Crippen molar-refractivity contribution in [3.63, 3.8) is 0 Å². The van der Waals surface area contributed by atoms with Crippen LogP contribution in [0, 0.1) is 0 Å². The molecule has 2 aliphatic heterocycles. The number of guanidine groups is 1. The third-order valence-electron chi connectivity index (χ3n) is 6.64. The highest BCUT2D eigenvalue weighted by atomic mass is 127. The van der Waals surface area contributed by atoms with Crippen LogP contribution >= 0.6 is 24.0 Å². The largest absolute Gasteiger partial charge is 0.372 e. The number of likely N-dealkylation sites (tertiary alicyclic amines) is 1. The van der Waals surface area contributed by atoms with Gasteiger partial charge in [-0.05, 0) is 44.7 Å². The third kappa shape index (κ3) is 6.68. The Bertz CT molecular complexity index is 699. The van der Waals surface area contributed by atoms with Crippen molar-refractivity contribution in [1.29, 1.82) is 0 Å². The quantitative estimate of drug-likeness (QED) is 0.339. The van der Waals surface area contributed by atoms with Crippen molar-refractivity contribution in [3.05, 3.63) is 23.9 Å². The van der Waals surface area contributed by atoms with Gasteiger partial charge >= 0.3 is 0 Å². The summed E-state index contributed by atoms with van der Waals surface area (Å²) < 4.78 is 5.83. The second kappa shape index (κ2) is 11.7. The van der Waals surface area contributed by atoms with Gasteiger partial charge in [-0.1, -0.05) is 18.9 Å². The molecule has 0 bridgehead atoms. The van der Waals surface area contributed by atoms with Gasteiger partial charge in [-0.15, -0.1) is 24.0 Å². The lowest BCUT2D eigenvalue weighted by molar-refractivity contribution is -0.00545. The zero-order valence-corrected chi connectivity index (χ0v) is 21.5. The zero-order chi connectivity index (χ0) is 20.9. The van der Waals surface area contributed by atoms with Crippen molar-refractivity contribution in [2.75, 3.05) is 38.1 Å². The van der Waals surface area contributed by atoms with Crippen LogP contribution in [0.4, 0.5) is 5.82 Å². The van der Waals surface area contributed by atoms with Crippen molar-refractivity contribution in [2.45, 2.75) is 76.8 Å². The second-order valence-corrected chi connectivity index (χ2v) is 9.18. The first-order chi connectivity index (χ1) is 14.6. The lowest BCUT2D eigenvalue weighted by Gasteiger charge is -2.36. The molecule has 3 heterocycles. The SMILES string of the molecule is CN=C(NCc1ccc(N2CC(C)OC(C)C2)nc1)NC1CCN(C2CCCC2)C1.I. The predicted octanol–water partition coefficient (Wildman–Crippen LogP) is 3.00. The second-order valence-electron chi connectivity index (χ2n) is 9.18. The number of hydrogen-bond acceptors (Lipinski definition) is 5. The van der Waals surface area contributed by atoms with Gasteiger partial charge in [-0.3, -0.25) is 9.89 Å². The van der Waals surface area contributed by atoms with E-state index in [1.807, 2.05) is 13.2 Å². The summed E-state index contributed by atoms with van der Waals surface area (Å²) in [6, 6.07) is 5.58. The van der Waals surface area contributed by atoms with Crippen LogP contribution in [-0.2, 0) is 11.3 Å². The van der Waals surface area contributed by atoms with E-state index in [-0.39, 0.29) is 36.2 Å². The average Bonchev–Trinajstić information content (AvgIpc) is 3.42. The van der Waals surface area contributed by atoms with Gasteiger partial charge in [0.25, 0.3) is 0 Å². The topological polar surface area (TPSA) is 65.0 Å². The van der Waals surface area contributed by atoms with Gasteiger partial charge in [0.2, 0.25) is 0 Å². The molecule has 3 fully saturated rings. The van der Waals surface area contributed by atoms with Crippen LogP contribution in [0.15, 0.2) is 23.3 Å². The molecule has 1 aliphatic carbocycles. The van der Waals surface area contributed by atoms with Crippen LogP contribution in [0.3, 0.4) is 0 Å². The summed E-state index contributed by atoms with van der Waals surface area (Å²) >= 11 is 0. The Balaban J connectivity index is 0.00000272. The fourth-order valence-electron chi connectivity index (χ4n) is 5.15. The summed E-state index contributed by atoms with van der Waals surface area (Å²) in [7, 11) is 1.85. The van der Waals surface area contributed by atoms with E-state index in [1.54, 1.807) is 0 Å². The molecule has 174 valence electrons. The number of hydrogen-bond donors (Lipinski definition) is 2. The first-order valence-corrected chi connectivity index (χ1v) is 11.7. The van der Waals surface area contributed by atoms with Gasteiger partial charge in [0.15, 0.2) is 5.96 Å². The highest BCUT2D eigenvalue weighted by Gasteiger charge is 2.30. The molecule has 3 aliphatic rings. The van der Waals surface area contributed by atoms with Crippen LogP contribution in [0.25, 0.3) is 0 Å². The third-order valence-corrected chi connectivity index (χ3v) is 6.64. The van der Waals surface area contributed by atoms with Gasteiger partial charge in [0.05, 0.1) is 12.2 Å². The number of rotatable bonds is 5. The lowest BCUT2D eigenvalue weighted by Crippen LogP contribution is -2.46. The zero-order valence-electron chi connectivity index (χ0n) is 19.2. The van der Waals surface area contributed by atoms with Crippen molar-refractivity contribution in [2.24, 2.45) is 4.99 Å². The van der Waals surface area contributed by atoms with Gasteiger partial charge in [0.1, 0.15) is 5.82 Å². The molecule has 1 saturated carbocycles. The van der Waals surface area contributed by atoms with Crippen LogP contribution in [-0.4, -0.2) is 73.4 Å². The normalized spacial score (nSPS) is 27.9. The maximum atomic E-state index is 5.83. The van der Waals surface area contributed by atoms with Crippen molar-refractivity contribution < 1.29 is 4.74 Å². The standard InChI is InChI=1S/C23H38N6O.HI/c1-17-14-29(15-18(2)30-17)22-9-8-19(12-25-22)13-26-23(24-3)27-20-10-11-28(16-20)21-6-4-5-7-21;/h8-9,12,17-18,20-21H,4-7,10-11,13-16H2,1-3H3,(H2,24,26,27);1H. The number of nitrogens with one attached hydrogen (secondary N) is 2. The Morgan fingerprint density at radius 2 is 1.87 bits per heavy atom. The molecular formula is C23H39IN6O. The Morgan fingerprint density at radius 1 is 1.13 bits per heavy atom. The number of aromatic nitrogens is 1. The molecule has 1 aromatic heterocycles. The first-order valence-electron chi connectivity index (χ1n) is 11.7. The number of nitrogens with zero attached hydrogens (tertiary/aromatic N) is 4. The lowest BCUT2D eigenvalue weighted by atomic mass is 10.2. The summed E-state index contributed by atoms with van der Waals surface area (Å²) in [5, 5.41) is 7.07. The van der Waals surface area contributed by atoms with Gasteiger partial charge < -0.3 is 20.3 Å². The summed E-state index contributed by atoms with van der Waals surface area (Å²) in [5.41, 5.74) is 1.16. The molecule has 0 amide bonds. The smallest absolute Gasteiger partial charge is 0.191 e. The Hall–Kier alpha value is -1.13. The van der Waals surface area contributed by atoms with Gasteiger partial charge in [0, 0.05) is 58.1 Å². The van der Waals surface area contributed by atoms with Crippen LogP contribution in [0.1, 0.15) is 51.5 Å². The van der Waals surface area contributed by atoms with E-state index < -0.39 is 0 Å². The number of morpholine rings is 1. The monoisotopic (exact) mass is 542 g/mol. The molecule has 2 N–H and O–H groups in total. The molecule has 4 rings (SSSR count). The predicted molar refractivity (Wildman–Crippen MR) is 137 cm³/mol. The molecule has 2 saturated heterocycles. The molecule has 1 aromatic rings. The Morgan fingerprint density at radius 3 is 2.52 bits per heavy atom. The highest BCUT2D eigenvalue weighted by Crippen LogP contribution is 2.26. The number of halogens is 1. The minimum Gasteiger partial charge on any atom is -0.372 e. The molecule has 0 spiro atoms. The first kappa shape index (κ1) is 24.5. The van der Waals surface area contributed by atoms with Crippen molar-refractivity contribution in [1.82, 2.24) is 20.5 Å². The highest BCUT2D eigenvalue weighted by molar-refractivity contribution is 14.0. The molecule has 31 heavy (non-hydrogen) atoms. The summed E-state index contributed by atoms with van der Waals surface area (Å²) in [4.78, 5) is 14.1. The number of aliphatic imine (C=N–C) groups is 1. The van der Waals surface area contributed by atoms with E-state index >= 15 is 0 Å². The number of pyridine rings is 1. The molecular weight excluding hydrogens is 503 g/mol. The van der Waals surface area contributed by atoms with Crippen LogP contribution < -0.4 is 15.5 Å². The van der Waals surface area contributed by atoms with E-state index in [1.165, 1.54) is 38.6 Å². The van der Waals surface area contributed by atoms with E-state index in [9.17, 15) is 0 Å². The number of ether oxygens (including phenoxy) is 1. The van der Waals surface area contributed by atoms with E-state index in [0.717, 1.165) is 49.6 Å². The summed E-state index contributed by atoms with van der Waals surface area (Å²) in [6.07, 6.45) is 9.22. The Labute approximate surface area is 204 Å². The van der Waals surface area contributed by atoms with Gasteiger partial charge in [-0.25, -0.2) is 4.98 Å². The maximum Gasteiger partial charge on any atom is 0.191 e. The van der Waals surface area contributed by atoms with Gasteiger partial charge in [-0.2, -0.15) is 0 Å². The van der Waals surface area contributed by atoms with Crippen molar-refractivity contribution >= 4 is 35.8 Å². The molecule has 7 nitrogen and oxygen atoms in total. The molecule has 0 radical (unpaired) electrons. The molecule has 8 heteroatoms. The summed E-state index contributed by atoms with van der Waals surface area (Å²) in [5.74, 6) is 1.91. The minimum absolute atomic E-state index is 0. The maximum absolute atomic E-state index is 5.83. The van der Waals surface area contributed by atoms with E-state index in [4.69, 9.17) is 9.72 Å². The minimum atomic E-state index is 0. The average molecular weight is 543 g/mol. The van der Waals surface area contributed by atoms with E-state index in [2.05, 4.69) is 51.4 Å². The fraction of sp³-hybridized carbons (Fsp3) is 0.739. The van der Waals surface area contributed by atoms with Crippen LogP contribution in [0.5, 0.6) is 0 Å².